The van der Waals surface area contributed by atoms with E-state index in [-0.39, 0.29) is 30.7 Å². The molecular weight excluding hydrogens is 258 g/mol. The zero-order valence-electron chi connectivity index (χ0n) is 12.5. The first-order valence-electron chi connectivity index (χ1n) is 7.51. The smallest absolute Gasteiger partial charge is 0.240 e. The van der Waals surface area contributed by atoms with Gasteiger partial charge in [0.15, 0.2) is 0 Å². The first-order chi connectivity index (χ1) is 9.65. The highest BCUT2D eigenvalue weighted by Gasteiger charge is 2.35. The maximum atomic E-state index is 12.7. The number of amides is 1. The summed E-state index contributed by atoms with van der Waals surface area (Å²) < 4.78 is 5.30. The predicted octanol–water partition coefficient (Wildman–Crippen LogP) is -0.722. The summed E-state index contributed by atoms with van der Waals surface area (Å²) in [5, 5.41) is 12.5. The molecule has 2 heterocycles. The van der Waals surface area contributed by atoms with Crippen LogP contribution in [-0.4, -0.2) is 85.9 Å². The monoisotopic (exact) mass is 285 g/mol. The van der Waals surface area contributed by atoms with Crippen LogP contribution in [-0.2, 0) is 9.53 Å². The zero-order chi connectivity index (χ0) is 14.5. The van der Waals surface area contributed by atoms with E-state index in [1.165, 1.54) is 0 Å². The van der Waals surface area contributed by atoms with Gasteiger partial charge in [-0.2, -0.15) is 0 Å². The lowest BCUT2D eigenvalue weighted by Gasteiger charge is -2.38. The zero-order valence-corrected chi connectivity index (χ0v) is 12.5. The Hall–Kier alpha value is -0.690. The summed E-state index contributed by atoms with van der Waals surface area (Å²) in [5.74, 6) is 0.119. The average Bonchev–Trinajstić information content (AvgIpc) is 2.94. The van der Waals surface area contributed by atoms with E-state index in [1.807, 2.05) is 4.90 Å². The van der Waals surface area contributed by atoms with Crippen molar-refractivity contribution in [1.29, 1.82) is 0 Å². The van der Waals surface area contributed by atoms with Crippen LogP contribution in [0.2, 0.25) is 0 Å². The van der Waals surface area contributed by atoms with Crippen LogP contribution in [0.5, 0.6) is 0 Å². The Kier molecular flexibility index (Phi) is 5.77. The van der Waals surface area contributed by atoms with Crippen molar-refractivity contribution in [2.75, 3.05) is 46.9 Å². The molecule has 6 nitrogen and oxygen atoms in total. The van der Waals surface area contributed by atoms with E-state index in [0.717, 1.165) is 38.9 Å². The molecule has 2 aliphatic heterocycles. The van der Waals surface area contributed by atoms with Crippen molar-refractivity contribution in [3.8, 4) is 0 Å². The summed E-state index contributed by atoms with van der Waals surface area (Å²) in [6.45, 7) is 3.21. The number of likely N-dealkylation sites (tertiary alicyclic amines) is 1. The lowest BCUT2D eigenvalue weighted by molar-refractivity contribution is -0.137. The highest BCUT2D eigenvalue weighted by atomic mass is 16.5. The van der Waals surface area contributed by atoms with Crippen molar-refractivity contribution < 1.29 is 14.6 Å². The van der Waals surface area contributed by atoms with Gasteiger partial charge in [0.1, 0.15) is 0 Å². The van der Waals surface area contributed by atoms with Gasteiger partial charge in [-0.05, 0) is 39.4 Å². The first-order valence-corrected chi connectivity index (χ1v) is 7.51. The quantitative estimate of drug-likeness (QED) is 0.698. The fourth-order valence-corrected chi connectivity index (χ4v) is 3.16. The minimum Gasteiger partial charge on any atom is -0.395 e. The van der Waals surface area contributed by atoms with Gasteiger partial charge in [0.05, 0.1) is 18.8 Å². The number of carbonyl (C=O) groups excluding carboxylic acids is 1. The Labute approximate surface area is 121 Å². The highest BCUT2D eigenvalue weighted by Crippen LogP contribution is 2.19. The van der Waals surface area contributed by atoms with E-state index in [2.05, 4.69) is 17.3 Å². The van der Waals surface area contributed by atoms with Crippen LogP contribution in [0.25, 0.3) is 0 Å². The lowest BCUT2D eigenvalue weighted by atomic mass is 10.0. The second-order valence-corrected chi connectivity index (χ2v) is 5.84. The molecule has 2 fully saturated rings. The molecule has 2 N–H and O–H groups in total. The average molecular weight is 285 g/mol. The molecule has 0 aliphatic carbocycles. The summed E-state index contributed by atoms with van der Waals surface area (Å²) >= 11 is 0. The molecule has 6 heteroatoms. The molecule has 0 aromatic rings. The molecule has 116 valence electrons. The number of nitrogens with zero attached hydrogens (tertiary/aromatic N) is 2. The minimum atomic E-state index is -0.161. The molecule has 2 rings (SSSR count). The number of piperidine rings is 1. The predicted molar refractivity (Wildman–Crippen MR) is 76.5 cm³/mol. The van der Waals surface area contributed by atoms with Crippen LogP contribution in [0.3, 0.4) is 0 Å². The first kappa shape index (κ1) is 15.7. The van der Waals surface area contributed by atoms with Gasteiger partial charge in [0, 0.05) is 26.2 Å². The third-order valence-corrected chi connectivity index (χ3v) is 4.47. The molecule has 0 radical (unpaired) electrons. The number of carbonyl (C=O) groups is 1. The Morgan fingerprint density at radius 2 is 2.15 bits per heavy atom. The number of aliphatic hydroxyl groups excluding tert-OH is 1. The van der Waals surface area contributed by atoms with Gasteiger partial charge in [-0.1, -0.05) is 0 Å². The maximum Gasteiger partial charge on any atom is 0.240 e. The van der Waals surface area contributed by atoms with Gasteiger partial charge in [-0.25, -0.2) is 0 Å². The number of methoxy groups -OCH3 is 1. The molecule has 1 amide bonds. The van der Waals surface area contributed by atoms with Crippen LogP contribution in [0.1, 0.15) is 19.3 Å². The summed E-state index contributed by atoms with van der Waals surface area (Å²) in [7, 11) is 3.79. The van der Waals surface area contributed by atoms with E-state index >= 15 is 0 Å². The molecule has 2 unspecified atom stereocenters. The molecular formula is C14H27N3O3. The highest BCUT2D eigenvalue weighted by molar-refractivity contribution is 5.82. The molecule has 0 saturated carbocycles. The number of aliphatic hydroxyl groups is 1. The molecule has 2 atom stereocenters. The minimum absolute atomic E-state index is 0.0263. The van der Waals surface area contributed by atoms with E-state index in [4.69, 9.17) is 4.74 Å². The van der Waals surface area contributed by atoms with E-state index in [0.29, 0.717) is 6.54 Å². The molecule has 0 aromatic carbocycles. The topological polar surface area (TPSA) is 65.0 Å². The normalized spacial score (nSPS) is 28.8. The van der Waals surface area contributed by atoms with Crippen molar-refractivity contribution in [2.24, 2.45) is 0 Å². The van der Waals surface area contributed by atoms with E-state index < -0.39 is 0 Å². The van der Waals surface area contributed by atoms with Crippen molar-refractivity contribution in [1.82, 2.24) is 15.1 Å². The van der Waals surface area contributed by atoms with Crippen LogP contribution < -0.4 is 5.32 Å². The van der Waals surface area contributed by atoms with E-state index in [9.17, 15) is 9.90 Å². The molecule has 0 spiro atoms. The summed E-state index contributed by atoms with van der Waals surface area (Å²) in [6, 6.07) is 0.0976. The Balaban J connectivity index is 1.95. The number of hydrogen-bond acceptors (Lipinski definition) is 5. The SMILES string of the molecule is COC1CNC(C(=O)N(CCO)C2CCN(C)CC2)C1. The number of nitrogens with one attached hydrogen (secondary N) is 1. The van der Waals surface area contributed by atoms with E-state index in [1.54, 1.807) is 7.11 Å². The molecule has 0 aromatic heterocycles. The van der Waals surface area contributed by atoms with Crippen LogP contribution >= 0.6 is 0 Å². The maximum absolute atomic E-state index is 12.7. The lowest BCUT2D eigenvalue weighted by Crippen LogP contribution is -2.52. The Morgan fingerprint density at radius 1 is 1.45 bits per heavy atom. The second kappa shape index (κ2) is 7.36. The van der Waals surface area contributed by atoms with Gasteiger partial charge in [0.25, 0.3) is 0 Å². The van der Waals surface area contributed by atoms with Crippen molar-refractivity contribution >= 4 is 5.91 Å². The van der Waals surface area contributed by atoms with Crippen molar-refractivity contribution in [3.05, 3.63) is 0 Å². The number of rotatable bonds is 5. The summed E-state index contributed by atoms with van der Waals surface area (Å²) in [6.07, 6.45) is 2.83. The van der Waals surface area contributed by atoms with Crippen LogP contribution in [0.4, 0.5) is 0 Å². The fraction of sp³-hybridized carbons (Fsp3) is 0.929. The number of ether oxygens (including phenoxy) is 1. The van der Waals surface area contributed by atoms with Gasteiger partial charge < -0.3 is 25.0 Å². The van der Waals surface area contributed by atoms with Crippen molar-refractivity contribution in [3.63, 3.8) is 0 Å². The van der Waals surface area contributed by atoms with Gasteiger partial charge in [0.2, 0.25) is 5.91 Å². The third-order valence-electron chi connectivity index (χ3n) is 4.47. The summed E-state index contributed by atoms with van der Waals surface area (Å²) in [5.41, 5.74) is 0. The Bertz CT molecular complexity index is 319. The summed E-state index contributed by atoms with van der Waals surface area (Å²) in [4.78, 5) is 16.8. The van der Waals surface area contributed by atoms with Gasteiger partial charge in [-0.15, -0.1) is 0 Å². The Morgan fingerprint density at radius 3 is 2.70 bits per heavy atom. The number of hydrogen-bond donors (Lipinski definition) is 2. The molecule has 20 heavy (non-hydrogen) atoms. The van der Waals surface area contributed by atoms with Gasteiger partial charge >= 0.3 is 0 Å². The molecule has 2 aliphatic rings. The van der Waals surface area contributed by atoms with Crippen molar-refractivity contribution in [2.45, 2.75) is 37.5 Å². The molecule has 2 saturated heterocycles. The van der Waals surface area contributed by atoms with Crippen LogP contribution in [0, 0.1) is 0 Å². The fourth-order valence-electron chi connectivity index (χ4n) is 3.16. The largest absolute Gasteiger partial charge is 0.395 e. The second-order valence-electron chi connectivity index (χ2n) is 5.84. The van der Waals surface area contributed by atoms with Gasteiger partial charge in [-0.3, -0.25) is 4.79 Å². The standard InChI is InChI=1S/C14H27N3O3/c1-16-5-3-11(4-6-16)17(7-8-18)14(19)13-9-12(20-2)10-15-13/h11-13,15,18H,3-10H2,1-2H3. The third kappa shape index (κ3) is 3.69. The molecule has 0 bridgehead atoms. The van der Waals surface area contributed by atoms with Crippen LogP contribution in [0.15, 0.2) is 0 Å².